The summed E-state index contributed by atoms with van der Waals surface area (Å²) in [7, 11) is 3.34. The highest BCUT2D eigenvalue weighted by Crippen LogP contribution is 2.34. The minimum Gasteiger partial charge on any atom is -0.493 e. The monoisotopic (exact) mass is 341 g/mol. The Bertz CT molecular complexity index is 687. The van der Waals surface area contributed by atoms with Gasteiger partial charge in [0.1, 0.15) is 0 Å². The van der Waals surface area contributed by atoms with Gasteiger partial charge in [0.25, 0.3) is 0 Å². The molecule has 1 fully saturated rings. The van der Waals surface area contributed by atoms with E-state index in [1.165, 1.54) is 16.7 Å². The molecule has 0 spiro atoms. The van der Waals surface area contributed by atoms with Gasteiger partial charge in [0.2, 0.25) is 0 Å². The molecule has 25 heavy (non-hydrogen) atoms. The fraction of sp³-hybridized carbons (Fsp3) is 0.429. The summed E-state index contributed by atoms with van der Waals surface area (Å²) in [6, 6.07) is 14.6. The third kappa shape index (κ3) is 4.14. The quantitative estimate of drug-likeness (QED) is 0.830. The second kappa shape index (κ2) is 8.37. The van der Waals surface area contributed by atoms with Gasteiger partial charge in [-0.25, -0.2) is 0 Å². The highest BCUT2D eigenvalue weighted by Gasteiger charge is 2.29. The first-order chi connectivity index (χ1) is 12.2. The molecule has 3 rings (SSSR count). The van der Waals surface area contributed by atoms with Crippen molar-refractivity contribution in [2.45, 2.75) is 26.0 Å². The SMILES string of the molecule is COc1cc(C)c(CNC[C@@H]2CCO[C@@H]2c2ccccc2)cc1OC. The van der Waals surface area contributed by atoms with Crippen LogP contribution in [-0.2, 0) is 11.3 Å². The summed E-state index contributed by atoms with van der Waals surface area (Å²) < 4.78 is 16.7. The summed E-state index contributed by atoms with van der Waals surface area (Å²) >= 11 is 0. The molecule has 0 saturated carbocycles. The molecule has 1 heterocycles. The minimum atomic E-state index is 0.195. The van der Waals surface area contributed by atoms with Crippen molar-refractivity contribution in [1.82, 2.24) is 5.32 Å². The number of rotatable bonds is 7. The molecule has 0 radical (unpaired) electrons. The van der Waals surface area contributed by atoms with Crippen molar-refractivity contribution in [2.75, 3.05) is 27.4 Å². The maximum absolute atomic E-state index is 5.97. The second-order valence-corrected chi connectivity index (χ2v) is 6.52. The van der Waals surface area contributed by atoms with Crippen LogP contribution >= 0.6 is 0 Å². The first-order valence-electron chi connectivity index (χ1n) is 8.81. The van der Waals surface area contributed by atoms with E-state index in [9.17, 15) is 0 Å². The molecule has 1 saturated heterocycles. The molecule has 0 bridgehead atoms. The number of nitrogens with one attached hydrogen (secondary N) is 1. The Balaban J connectivity index is 1.61. The average molecular weight is 341 g/mol. The number of hydrogen-bond acceptors (Lipinski definition) is 4. The van der Waals surface area contributed by atoms with Crippen LogP contribution in [0.2, 0.25) is 0 Å². The molecule has 134 valence electrons. The van der Waals surface area contributed by atoms with E-state index in [4.69, 9.17) is 14.2 Å². The Hall–Kier alpha value is -2.04. The fourth-order valence-corrected chi connectivity index (χ4v) is 3.46. The molecular weight excluding hydrogens is 314 g/mol. The zero-order chi connectivity index (χ0) is 17.6. The maximum atomic E-state index is 5.97. The van der Waals surface area contributed by atoms with E-state index in [2.05, 4.69) is 42.6 Å². The van der Waals surface area contributed by atoms with Gasteiger partial charge in [-0.15, -0.1) is 0 Å². The van der Waals surface area contributed by atoms with E-state index in [-0.39, 0.29) is 6.10 Å². The van der Waals surface area contributed by atoms with Gasteiger partial charge < -0.3 is 19.5 Å². The first-order valence-corrected chi connectivity index (χ1v) is 8.81. The van der Waals surface area contributed by atoms with E-state index >= 15 is 0 Å². The molecule has 1 N–H and O–H groups in total. The van der Waals surface area contributed by atoms with Gasteiger partial charge in [0.15, 0.2) is 11.5 Å². The number of hydrogen-bond donors (Lipinski definition) is 1. The predicted octanol–water partition coefficient (Wildman–Crippen LogP) is 3.88. The van der Waals surface area contributed by atoms with Crippen LogP contribution < -0.4 is 14.8 Å². The predicted molar refractivity (Wildman–Crippen MR) is 99.2 cm³/mol. The third-order valence-electron chi connectivity index (χ3n) is 4.91. The molecule has 1 aliphatic heterocycles. The smallest absolute Gasteiger partial charge is 0.161 e. The van der Waals surface area contributed by atoms with Gasteiger partial charge in [0, 0.05) is 25.6 Å². The van der Waals surface area contributed by atoms with Crippen LogP contribution in [0.4, 0.5) is 0 Å². The average Bonchev–Trinajstić information content (AvgIpc) is 3.12. The van der Waals surface area contributed by atoms with Gasteiger partial charge in [-0.1, -0.05) is 30.3 Å². The summed E-state index contributed by atoms with van der Waals surface area (Å²) in [5, 5.41) is 3.60. The van der Waals surface area contributed by atoms with Crippen LogP contribution in [0.15, 0.2) is 42.5 Å². The zero-order valence-corrected chi connectivity index (χ0v) is 15.2. The molecule has 4 heteroatoms. The van der Waals surface area contributed by atoms with Crippen molar-refractivity contribution in [3.05, 3.63) is 59.2 Å². The van der Waals surface area contributed by atoms with Crippen LogP contribution in [0.1, 0.15) is 29.2 Å². The molecule has 4 nitrogen and oxygen atoms in total. The topological polar surface area (TPSA) is 39.7 Å². The van der Waals surface area contributed by atoms with E-state index in [0.29, 0.717) is 5.92 Å². The number of benzene rings is 2. The van der Waals surface area contributed by atoms with E-state index in [1.54, 1.807) is 14.2 Å². The van der Waals surface area contributed by atoms with Gasteiger partial charge in [-0.2, -0.15) is 0 Å². The second-order valence-electron chi connectivity index (χ2n) is 6.52. The molecular formula is C21H27NO3. The van der Waals surface area contributed by atoms with Gasteiger partial charge in [-0.05, 0) is 42.2 Å². The maximum Gasteiger partial charge on any atom is 0.161 e. The Labute approximate surface area is 150 Å². The summed E-state index contributed by atoms with van der Waals surface area (Å²) in [6.07, 6.45) is 1.29. The lowest BCUT2D eigenvalue weighted by Gasteiger charge is -2.20. The van der Waals surface area contributed by atoms with Crippen LogP contribution in [0.3, 0.4) is 0 Å². The van der Waals surface area contributed by atoms with E-state index < -0.39 is 0 Å². The van der Waals surface area contributed by atoms with Gasteiger partial charge in [0.05, 0.1) is 20.3 Å². The molecule has 2 aromatic carbocycles. The Kier molecular flexibility index (Phi) is 5.95. The van der Waals surface area contributed by atoms with Crippen molar-refractivity contribution in [3.8, 4) is 11.5 Å². The van der Waals surface area contributed by atoms with Crippen molar-refractivity contribution in [3.63, 3.8) is 0 Å². The highest BCUT2D eigenvalue weighted by atomic mass is 16.5. The van der Waals surface area contributed by atoms with Gasteiger partial charge in [-0.3, -0.25) is 0 Å². The molecule has 0 aromatic heterocycles. The highest BCUT2D eigenvalue weighted by molar-refractivity contribution is 5.47. The number of methoxy groups -OCH3 is 2. The lowest BCUT2D eigenvalue weighted by atomic mass is 9.95. The molecule has 0 amide bonds. The van der Waals surface area contributed by atoms with Crippen molar-refractivity contribution < 1.29 is 14.2 Å². The Morgan fingerprint density at radius 3 is 2.52 bits per heavy atom. The molecule has 2 aromatic rings. The minimum absolute atomic E-state index is 0.195. The van der Waals surface area contributed by atoms with Crippen molar-refractivity contribution in [1.29, 1.82) is 0 Å². The Morgan fingerprint density at radius 2 is 1.80 bits per heavy atom. The summed E-state index contributed by atoms with van der Waals surface area (Å²) in [6.45, 7) is 4.68. The number of ether oxygens (including phenoxy) is 3. The molecule has 1 aliphatic rings. The standard InChI is InChI=1S/C21H27NO3/c1-15-11-19(23-2)20(24-3)12-18(15)14-22-13-17-9-10-25-21(17)16-7-5-4-6-8-16/h4-8,11-12,17,21-22H,9-10,13-14H2,1-3H3/t17-,21+/m0/s1. The van der Waals surface area contributed by atoms with Crippen molar-refractivity contribution in [2.24, 2.45) is 5.92 Å². The lowest BCUT2D eigenvalue weighted by molar-refractivity contribution is 0.0904. The van der Waals surface area contributed by atoms with Crippen LogP contribution in [0, 0.1) is 12.8 Å². The van der Waals surface area contributed by atoms with Crippen LogP contribution in [-0.4, -0.2) is 27.4 Å². The fourth-order valence-electron chi connectivity index (χ4n) is 3.46. The Morgan fingerprint density at radius 1 is 1.08 bits per heavy atom. The van der Waals surface area contributed by atoms with Crippen LogP contribution in [0.5, 0.6) is 11.5 Å². The number of aryl methyl sites for hydroxylation is 1. The molecule has 2 atom stereocenters. The summed E-state index contributed by atoms with van der Waals surface area (Å²) in [5.74, 6) is 2.05. The van der Waals surface area contributed by atoms with Crippen molar-refractivity contribution >= 4 is 0 Å². The normalized spacial score (nSPS) is 19.8. The summed E-state index contributed by atoms with van der Waals surface area (Å²) in [5.41, 5.74) is 3.70. The summed E-state index contributed by atoms with van der Waals surface area (Å²) in [4.78, 5) is 0. The molecule has 0 aliphatic carbocycles. The zero-order valence-electron chi connectivity index (χ0n) is 15.2. The van der Waals surface area contributed by atoms with Gasteiger partial charge >= 0.3 is 0 Å². The van der Waals surface area contributed by atoms with Crippen LogP contribution in [0.25, 0.3) is 0 Å². The third-order valence-corrected chi connectivity index (χ3v) is 4.91. The lowest BCUT2D eigenvalue weighted by Crippen LogP contribution is -2.25. The largest absolute Gasteiger partial charge is 0.493 e. The van der Waals surface area contributed by atoms with E-state index in [1.807, 2.05) is 12.1 Å². The first kappa shape index (κ1) is 17.8. The molecule has 0 unspecified atom stereocenters. The van der Waals surface area contributed by atoms with E-state index in [0.717, 1.165) is 37.6 Å².